The molecule has 0 aliphatic carbocycles. The van der Waals surface area contributed by atoms with Gasteiger partial charge in [-0.1, -0.05) is 111 Å². The third-order valence-electron chi connectivity index (χ3n) is 9.92. The Morgan fingerprint density at radius 1 is 1.05 bits per heavy atom. The molecule has 5 atom stereocenters. The van der Waals surface area contributed by atoms with E-state index in [2.05, 4.69) is 125 Å². The van der Waals surface area contributed by atoms with Gasteiger partial charge in [0.15, 0.2) is 0 Å². The number of benzene rings is 1. The number of aryl methyl sites for hydroxylation is 1. The molecule has 1 N–H and O–H groups in total. The number of rotatable bonds is 16. The predicted molar refractivity (Wildman–Crippen MR) is 186 cm³/mol. The summed E-state index contributed by atoms with van der Waals surface area (Å²) < 4.78 is 6.51. The summed E-state index contributed by atoms with van der Waals surface area (Å²) in [5.74, 6) is 3.60. The van der Waals surface area contributed by atoms with Crippen LogP contribution in [0.15, 0.2) is 60.5 Å². The van der Waals surface area contributed by atoms with Gasteiger partial charge in [-0.15, -0.1) is 0 Å². The largest absolute Gasteiger partial charge is 0.495 e. The average molecular weight is 576 g/mol. The molecule has 42 heavy (non-hydrogen) atoms. The molecule has 2 rings (SSSR count). The van der Waals surface area contributed by atoms with Crippen molar-refractivity contribution in [2.45, 2.75) is 139 Å². The highest BCUT2D eigenvalue weighted by atomic mass is 16.5. The van der Waals surface area contributed by atoms with Gasteiger partial charge in [-0.25, -0.2) is 0 Å². The van der Waals surface area contributed by atoms with Crippen molar-refractivity contribution in [1.82, 2.24) is 5.32 Å². The lowest BCUT2D eigenvalue weighted by molar-refractivity contribution is 0.0606. The quantitative estimate of drug-likeness (QED) is 0.156. The lowest BCUT2D eigenvalue weighted by Crippen LogP contribution is -2.52. The number of nitrogens with one attached hydrogen (secondary N) is 1. The fourth-order valence-corrected chi connectivity index (χ4v) is 6.78. The molecule has 1 aromatic rings. The van der Waals surface area contributed by atoms with Crippen LogP contribution in [0, 0.1) is 29.6 Å². The van der Waals surface area contributed by atoms with E-state index in [-0.39, 0.29) is 11.6 Å². The van der Waals surface area contributed by atoms with Crippen LogP contribution in [0.25, 0.3) is 0 Å². The first-order valence-corrected chi connectivity index (χ1v) is 17.1. The fraction of sp³-hybridized carbons (Fsp3) is 0.650. The summed E-state index contributed by atoms with van der Waals surface area (Å²) in [7, 11) is 0. The van der Waals surface area contributed by atoms with Crippen LogP contribution in [0.2, 0.25) is 0 Å². The summed E-state index contributed by atoms with van der Waals surface area (Å²) in [5.41, 5.74) is 8.51. The molecule has 0 spiro atoms. The van der Waals surface area contributed by atoms with E-state index in [1.54, 1.807) is 0 Å². The lowest BCUT2D eigenvalue weighted by Gasteiger charge is -2.46. The number of hydrogen-bond acceptors (Lipinski definition) is 2. The molecule has 5 unspecified atom stereocenters. The Labute approximate surface area is 261 Å². The molecule has 1 heterocycles. The minimum atomic E-state index is 0.0629. The Hall–Kier alpha value is -2.22. The van der Waals surface area contributed by atoms with Crippen LogP contribution in [0.1, 0.15) is 124 Å². The highest BCUT2D eigenvalue weighted by Crippen LogP contribution is 2.39. The molecule has 0 radical (unpaired) electrons. The molecule has 1 aromatic carbocycles. The van der Waals surface area contributed by atoms with Crippen molar-refractivity contribution in [1.29, 1.82) is 0 Å². The van der Waals surface area contributed by atoms with Gasteiger partial charge < -0.3 is 10.1 Å². The molecular formula is C40H65NO. The summed E-state index contributed by atoms with van der Waals surface area (Å²) >= 11 is 0. The van der Waals surface area contributed by atoms with Crippen LogP contribution in [0.4, 0.5) is 0 Å². The Morgan fingerprint density at radius 3 is 2.26 bits per heavy atom. The molecule has 0 amide bonds. The van der Waals surface area contributed by atoms with E-state index in [9.17, 15) is 0 Å². The first kappa shape index (κ1) is 36.0. The Balaban J connectivity index is 2.27. The maximum absolute atomic E-state index is 6.51. The van der Waals surface area contributed by atoms with Crippen molar-refractivity contribution in [2.75, 3.05) is 0 Å². The zero-order valence-electron chi connectivity index (χ0n) is 29.3. The van der Waals surface area contributed by atoms with Gasteiger partial charge in [-0.2, -0.15) is 0 Å². The normalized spacial score (nSPS) is 22.0. The average Bonchev–Trinajstić information content (AvgIpc) is 2.93. The second kappa shape index (κ2) is 16.6. The van der Waals surface area contributed by atoms with Crippen molar-refractivity contribution in [3.63, 3.8) is 0 Å². The molecule has 0 bridgehead atoms. The molecule has 2 nitrogen and oxygen atoms in total. The second-order valence-electron chi connectivity index (χ2n) is 14.1. The molecule has 0 saturated carbocycles. The molecule has 1 saturated heterocycles. The summed E-state index contributed by atoms with van der Waals surface area (Å²) in [6, 6.07) is 4.91. The number of ether oxygens (including phenoxy) is 1. The highest BCUT2D eigenvalue weighted by Gasteiger charge is 2.38. The van der Waals surface area contributed by atoms with Crippen molar-refractivity contribution in [3.8, 4) is 0 Å². The van der Waals surface area contributed by atoms with E-state index in [1.165, 1.54) is 39.9 Å². The van der Waals surface area contributed by atoms with Gasteiger partial charge in [0.05, 0.1) is 5.76 Å². The number of piperidine rings is 1. The summed E-state index contributed by atoms with van der Waals surface area (Å²) in [6.07, 6.45) is 15.7. The molecule has 0 aromatic heterocycles. The van der Waals surface area contributed by atoms with Crippen LogP contribution in [0.5, 0.6) is 0 Å². The standard InChI is InChI=1S/C40H65NO/c1-14-30(10)32(12)42-39(28(7)8)25-35-24-33(23-34(15-2)38(35)17-4)21-29(9)19-18-20-37(16-3)40(13)26-36(27(5)6)22-31(11)41-40/h18-20,23-24,27-28,30,36-37,39,41H,11-12,14-17,21-22,25-26H2,1-10,13H3/b20-18+,29-19+. The minimum absolute atomic E-state index is 0.0629. The van der Waals surface area contributed by atoms with Crippen molar-refractivity contribution < 1.29 is 4.74 Å². The van der Waals surface area contributed by atoms with Gasteiger partial charge in [0.1, 0.15) is 6.10 Å². The first-order valence-electron chi connectivity index (χ1n) is 17.1. The van der Waals surface area contributed by atoms with E-state index in [0.717, 1.165) is 50.7 Å². The second-order valence-corrected chi connectivity index (χ2v) is 14.1. The van der Waals surface area contributed by atoms with Gasteiger partial charge in [0, 0.05) is 23.6 Å². The summed E-state index contributed by atoms with van der Waals surface area (Å²) in [6.45, 7) is 33.9. The van der Waals surface area contributed by atoms with Crippen LogP contribution in [-0.2, 0) is 30.4 Å². The molecule has 1 fully saturated rings. The number of allylic oxidation sites excluding steroid dienone is 5. The number of hydrogen-bond donors (Lipinski definition) is 1. The van der Waals surface area contributed by atoms with Gasteiger partial charge in [-0.3, -0.25) is 0 Å². The molecule has 1 aliphatic rings. The Morgan fingerprint density at radius 2 is 1.71 bits per heavy atom. The maximum atomic E-state index is 6.51. The zero-order valence-corrected chi connectivity index (χ0v) is 29.3. The molecule has 1 aliphatic heterocycles. The third-order valence-corrected chi connectivity index (χ3v) is 9.92. The first-order chi connectivity index (χ1) is 19.8. The predicted octanol–water partition coefficient (Wildman–Crippen LogP) is 11.0. The van der Waals surface area contributed by atoms with Gasteiger partial charge >= 0.3 is 0 Å². The van der Waals surface area contributed by atoms with Crippen LogP contribution in [0.3, 0.4) is 0 Å². The Kier molecular flexibility index (Phi) is 14.2. The van der Waals surface area contributed by atoms with E-state index in [1.807, 2.05) is 0 Å². The molecule has 236 valence electrons. The van der Waals surface area contributed by atoms with E-state index in [4.69, 9.17) is 4.74 Å². The van der Waals surface area contributed by atoms with Gasteiger partial charge in [-0.05, 0) is 105 Å². The summed E-state index contributed by atoms with van der Waals surface area (Å²) in [5, 5.41) is 3.80. The van der Waals surface area contributed by atoms with E-state index in [0.29, 0.717) is 29.6 Å². The minimum Gasteiger partial charge on any atom is -0.495 e. The van der Waals surface area contributed by atoms with Crippen LogP contribution >= 0.6 is 0 Å². The third kappa shape index (κ3) is 9.92. The van der Waals surface area contributed by atoms with Crippen molar-refractivity contribution >= 4 is 0 Å². The van der Waals surface area contributed by atoms with E-state index >= 15 is 0 Å². The fourth-order valence-electron chi connectivity index (χ4n) is 6.78. The van der Waals surface area contributed by atoms with Crippen LogP contribution < -0.4 is 5.32 Å². The van der Waals surface area contributed by atoms with Crippen molar-refractivity contribution in [2.24, 2.45) is 29.6 Å². The smallest absolute Gasteiger partial charge is 0.104 e. The monoisotopic (exact) mass is 576 g/mol. The molecule has 2 heteroatoms. The molecular weight excluding hydrogens is 510 g/mol. The topological polar surface area (TPSA) is 21.3 Å². The van der Waals surface area contributed by atoms with E-state index < -0.39 is 0 Å². The zero-order chi connectivity index (χ0) is 31.6. The Bertz CT molecular complexity index is 1090. The summed E-state index contributed by atoms with van der Waals surface area (Å²) in [4.78, 5) is 0. The SMILES string of the molecule is C=C1CC(C(C)C)CC(C)(C(/C=C/C=C(\C)Cc2cc(CC)c(CC)c(CC(OC(=C)C(C)CC)C(C)C)c2)CC)N1. The van der Waals surface area contributed by atoms with Crippen molar-refractivity contribution in [3.05, 3.63) is 82.8 Å². The lowest BCUT2D eigenvalue weighted by atomic mass is 9.70. The maximum Gasteiger partial charge on any atom is 0.104 e. The highest BCUT2D eigenvalue weighted by molar-refractivity contribution is 5.41. The van der Waals surface area contributed by atoms with Gasteiger partial charge in [0.25, 0.3) is 0 Å². The van der Waals surface area contributed by atoms with Gasteiger partial charge in [0.2, 0.25) is 0 Å². The van der Waals surface area contributed by atoms with Crippen LogP contribution in [-0.4, -0.2) is 11.6 Å².